The van der Waals surface area contributed by atoms with Crippen LogP contribution in [0.2, 0.25) is 0 Å². The number of nitrogens with one attached hydrogen (secondary N) is 1. The number of anilines is 1. The molecule has 0 radical (unpaired) electrons. The van der Waals surface area contributed by atoms with Crippen LogP contribution in [0.15, 0.2) is 18.2 Å². The van der Waals surface area contributed by atoms with Crippen LogP contribution in [0.1, 0.15) is 36.5 Å². The zero-order valence-electron chi connectivity index (χ0n) is 11.5. The molecule has 1 aromatic carbocycles. The van der Waals surface area contributed by atoms with Crippen molar-refractivity contribution in [1.82, 2.24) is 4.90 Å². The number of benzene rings is 1. The molecule has 1 aliphatic carbocycles. The van der Waals surface area contributed by atoms with Crippen molar-refractivity contribution in [3.8, 4) is 0 Å². The van der Waals surface area contributed by atoms with E-state index in [9.17, 15) is 9.18 Å². The lowest BCUT2D eigenvalue weighted by atomic mass is 10.1. The van der Waals surface area contributed by atoms with Crippen molar-refractivity contribution < 1.29 is 14.3 Å². The van der Waals surface area contributed by atoms with Crippen molar-refractivity contribution in [2.75, 3.05) is 11.9 Å². The summed E-state index contributed by atoms with van der Waals surface area (Å²) in [5.74, 6) is -1.92. The quantitative estimate of drug-likeness (QED) is 0.888. The van der Waals surface area contributed by atoms with Gasteiger partial charge in [0.05, 0.1) is 5.56 Å². The summed E-state index contributed by atoms with van der Waals surface area (Å²) in [7, 11) is 0. The number of carboxylic acids is 1. The van der Waals surface area contributed by atoms with E-state index in [1.807, 2.05) is 0 Å². The number of hydrogen-bond donors (Lipinski definition) is 2. The van der Waals surface area contributed by atoms with Gasteiger partial charge in [0.1, 0.15) is 5.82 Å². The lowest BCUT2D eigenvalue weighted by Gasteiger charge is -2.20. The zero-order chi connectivity index (χ0) is 14.3. The molecular weight excluding hydrogens is 259 g/mol. The number of aromatic carboxylic acids is 1. The van der Waals surface area contributed by atoms with E-state index in [1.165, 1.54) is 25.0 Å². The van der Waals surface area contributed by atoms with Gasteiger partial charge in [-0.2, -0.15) is 0 Å². The smallest absolute Gasteiger partial charge is 0.338 e. The summed E-state index contributed by atoms with van der Waals surface area (Å²) < 4.78 is 13.4. The van der Waals surface area contributed by atoms with E-state index in [-0.39, 0.29) is 5.56 Å². The second-order valence-corrected chi connectivity index (χ2v) is 5.85. The lowest BCUT2D eigenvalue weighted by molar-refractivity contribution is 0.0692. The predicted octanol–water partition coefficient (Wildman–Crippen LogP) is 2.56. The first-order chi connectivity index (χ1) is 9.54. The van der Waals surface area contributed by atoms with Crippen LogP contribution in [-0.2, 0) is 0 Å². The van der Waals surface area contributed by atoms with Gasteiger partial charge in [-0.1, -0.05) is 0 Å². The highest BCUT2D eigenvalue weighted by molar-refractivity contribution is 5.89. The Morgan fingerprint density at radius 1 is 1.45 bits per heavy atom. The fourth-order valence-electron chi connectivity index (χ4n) is 3.09. The van der Waals surface area contributed by atoms with Crippen LogP contribution in [-0.4, -0.2) is 40.6 Å². The zero-order valence-corrected chi connectivity index (χ0v) is 11.5. The van der Waals surface area contributed by atoms with E-state index in [2.05, 4.69) is 17.1 Å². The summed E-state index contributed by atoms with van der Waals surface area (Å²) in [5, 5.41) is 12.3. The fourth-order valence-corrected chi connectivity index (χ4v) is 3.09. The monoisotopic (exact) mass is 278 g/mol. The minimum atomic E-state index is -1.23. The molecule has 1 saturated carbocycles. The van der Waals surface area contributed by atoms with Gasteiger partial charge in [-0.15, -0.1) is 0 Å². The topological polar surface area (TPSA) is 52.6 Å². The second kappa shape index (κ2) is 5.05. The second-order valence-electron chi connectivity index (χ2n) is 5.85. The Morgan fingerprint density at radius 3 is 2.85 bits per heavy atom. The molecule has 2 unspecified atom stereocenters. The lowest BCUT2D eigenvalue weighted by Crippen LogP contribution is -2.31. The first kappa shape index (κ1) is 13.4. The number of likely N-dealkylation sites (tertiary alicyclic amines) is 1. The molecule has 2 N–H and O–H groups in total. The van der Waals surface area contributed by atoms with E-state index in [0.717, 1.165) is 19.0 Å². The van der Waals surface area contributed by atoms with E-state index in [4.69, 9.17) is 5.11 Å². The third kappa shape index (κ3) is 2.63. The van der Waals surface area contributed by atoms with Crippen molar-refractivity contribution in [2.24, 2.45) is 0 Å². The summed E-state index contributed by atoms with van der Waals surface area (Å²) in [4.78, 5) is 13.5. The van der Waals surface area contributed by atoms with Crippen LogP contribution in [0, 0.1) is 5.82 Å². The third-order valence-electron chi connectivity index (χ3n) is 4.21. The van der Waals surface area contributed by atoms with Crippen molar-refractivity contribution >= 4 is 11.7 Å². The molecule has 1 heterocycles. The highest BCUT2D eigenvalue weighted by atomic mass is 19.1. The minimum absolute atomic E-state index is 0.278. The molecule has 1 saturated heterocycles. The van der Waals surface area contributed by atoms with Crippen molar-refractivity contribution in [3.05, 3.63) is 29.6 Å². The molecule has 4 nitrogen and oxygen atoms in total. The minimum Gasteiger partial charge on any atom is -0.478 e. The molecule has 2 atom stereocenters. The Kier molecular flexibility index (Phi) is 3.38. The van der Waals surface area contributed by atoms with Gasteiger partial charge in [0.2, 0.25) is 0 Å². The third-order valence-corrected chi connectivity index (χ3v) is 4.21. The normalized spacial score (nSPS) is 26.7. The maximum atomic E-state index is 13.4. The first-order valence-electron chi connectivity index (χ1n) is 7.09. The van der Waals surface area contributed by atoms with E-state index in [0.29, 0.717) is 17.8 Å². The summed E-state index contributed by atoms with van der Waals surface area (Å²) in [6.45, 7) is 3.21. The standard InChI is InChI=1S/C15H19FN2O2/c1-9-6-11(8-18(9)12-3-4-12)17-10-2-5-14(16)13(7-10)15(19)20/h2,5,7,9,11-12,17H,3-4,6,8H2,1H3,(H,19,20). The van der Waals surface area contributed by atoms with Crippen molar-refractivity contribution in [2.45, 2.75) is 44.3 Å². The van der Waals surface area contributed by atoms with Gasteiger partial charge < -0.3 is 10.4 Å². The summed E-state index contributed by atoms with van der Waals surface area (Å²) in [6, 6.07) is 5.79. The van der Waals surface area contributed by atoms with Gasteiger partial charge in [-0.3, -0.25) is 4.90 Å². The van der Waals surface area contributed by atoms with Gasteiger partial charge in [-0.25, -0.2) is 9.18 Å². The molecule has 0 aromatic heterocycles. The molecule has 0 amide bonds. The molecule has 5 heteroatoms. The molecule has 2 aliphatic rings. The number of carboxylic acid groups (broad SMARTS) is 1. The average Bonchev–Trinajstić information content (AvgIpc) is 3.16. The maximum absolute atomic E-state index is 13.4. The van der Waals surface area contributed by atoms with E-state index in [1.54, 1.807) is 6.07 Å². The van der Waals surface area contributed by atoms with Crippen LogP contribution in [0.3, 0.4) is 0 Å². The molecule has 0 bridgehead atoms. The van der Waals surface area contributed by atoms with Crippen molar-refractivity contribution in [3.63, 3.8) is 0 Å². The largest absolute Gasteiger partial charge is 0.478 e. The van der Waals surface area contributed by atoms with Crippen LogP contribution < -0.4 is 5.32 Å². The van der Waals surface area contributed by atoms with Gasteiger partial charge in [-0.05, 0) is 44.4 Å². The Balaban J connectivity index is 1.69. The first-order valence-corrected chi connectivity index (χ1v) is 7.09. The molecule has 0 spiro atoms. The SMILES string of the molecule is CC1CC(Nc2ccc(F)c(C(=O)O)c2)CN1C1CC1. The predicted molar refractivity (Wildman–Crippen MR) is 74.6 cm³/mol. The molecular formula is C15H19FN2O2. The number of nitrogens with zero attached hydrogens (tertiary/aromatic N) is 1. The number of hydrogen-bond acceptors (Lipinski definition) is 3. The summed E-state index contributed by atoms with van der Waals surface area (Å²) in [6.07, 6.45) is 3.61. The van der Waals surface area contributed by atoms with Crippen LogP contribution >= 0.6 is 0 Å². The summed E-state index contributed by atoms with van der Waals surface area (Å²) in [5.41, 5.74) is 0.402. The van der Waals surface area contributed by atoms with E-state index < -0.39 is 11.8 Å². The Hall–Kier alpha value is -1.62. The summed E-state index contributed by atoms with van der Waals surface area (Å²) >= 11 is 0. The van der Waals surface area contributed by atoms with Gasteiger partial charge in [0, 0.05) is 30.4 Å². The molecule has 1 aliphatic heterocycles. The highest BCUT2D eigenvalue weighted by Crippen LogP contribution is 2.34. The Bertz CT molecular complexity index is 531. The molecule has 108 valence electrons. The molecule has 1 aromatic rings. The van der Waals surface area contributed by atoms with Gasteiger partial charge >= 0.3 is 5.97 Å². The average molecular weight is 278 g/mol. The van der Waals surface area contributed by atoms with Gasteiger partial charge in [0.25, 0.3) is 0 Å². The van der Waals surface area contributed by atoms with Gasteiger partial charge in [0.15, 0.2) is 0 Å². The molecule has 2 fully saturated rings. The number of rotatable bonds is 4. The Labute approximate surface area is 117 Å². The van der Waals surface area contributed by atoms with Crippen LogP contribution in [0.4, 0.5) is 10.1 Å². The van der Waals surface area contributed by atoms with Crippen molar-refractivity contribution in [1.29, 1.82) is 0 Å². The number of halogens is 1. The van der Waals surface area contributed by atoms with Crippen LogP contribution in [0.25, 0.3) is 0 Å². The van der Waals surface area contributed by atoms with E-state index >= 15 is 0 Å². The Morgan fingerprint density at radius 2 is 2.20 bits per heavy atom. The number of carbonyl (C=O) groups is 1. The maximum Gasteiger partial charge on any atom is 0.338 e. The molecule has 3 rings (SSSR count). The fraction of sp³-hybridized carbons (Fsp3) is 0.533. The molecule has 20 heavy (non-hydrogen) atoms. The highest BCUT2D eigenvalue weighted by Gasteiger charge is 2.38. The van der Waals surface area contributed by atoms with Crippen LogP contribution in [0.5, 0.6) is 0 Å².